The Labute approximate surface area is 70.1 Å². The van der Waals surface area contributed by atoms with Crippen molar-refractivity contribution in [2.75, 3.05) is 6.54 Å². The minimum absolute atomic E-state index is 0.0284. The molecule has 0 saturated carbocycles. The van der Waals surface area contributed by atoms with Gasteiger partial charge in [-0.05, 0) is 17.7 Å². The van der Waals surface area contributed by atoms with Crippen LogP contribution in [0.2, 0.25) is 0 Å². The number of hydrogen-bond acceptors (Lipinski definition) is 2. The molecular weight excluding hydrogens is 155 g/mol. The lowest BCUT2D eigenvalue weighted by molar-refractivity contribution is 0.621. The summed E-state index contributed by atoms with van der Waals surface area (Å²) in [4.78, 5) is 4.02. The highest BCUT2D eigenvalue weighted by Gasteiger charge is 2.12. The van der Waals surface area contributed by atoms with Crippen LogP contribution in [0, 0.1) is 5.82 Å². The first-order valence-electron chi connectivity index (χ1n) is 3.79. The van der Waals surface area contributed by atoms with Crippen LogP contribution in [0.25, 0.3) is 0 Å². The highest BCUT2D eigenvalue weighted by atomic mass is 19.1. The van der Waals surface area contributed by atoms with Crippen molar-refractivity contribution >= 4 is 6.34 Å². The van der Waals surface area contributed by atoms with Gasteiger partial charge in [0.15, 0.2) is 6.34 Å². The fourth-order valence-corrected chi connectivity index (χ4v) is 1.22. The first-order chi connectivity index (χ1) is 5.86. The van der Waals surface area contributed by atoms with E-state index in [0.29, 0.717) is 6.54 Å². The third kappa shape index (κ3) is 1.30. The molecule has 1 aliphatic rings. The summed E-state index contributed by atoms with van der Waals surface area (Å²) < 4.78 is 12.7. The second kappa shape index (κ2) is 2.93. The van der Waals surface area contributed by atoms with Crippen molar-refractivity contribution in [2.24, 2.45) is 4.99 Å². The van der Waals surface area contributed by atoms with Crippen LogP contribution in [-0.4, -0.2) is 12.9 Å². The van der Waals surface area contributed by atoms with Crippen molar-refractivity contribution in [1.82, 2.24) is 5.32 Å². The summed E-state index contributed by atoms with van der Waals surface area (Å²) in [7, 11) is 0. The van der Waals surface area contributed by atoms with E-state index in [9.17, 15) is 4.39 Å². The molecule has 2 nitrogen and oxygen atoms in total. The maximum Gasteiger partial charge on any atom is 0.164 e. The third-order valence-electron chi connectivity index (χ3n) is 1.83. The Bertz CT molecular complexity index is 309. The number of nitrogens with zero attached hydrogens (tertiary/aromatic N) is 1. The zero-order valence-corrected chi connectivity index (χ0v) is 6.42. The van der Waals surface area contributed by atoms with Crippen LogP contribution in [-0.2, 0) is 0 Å². The van der Waals surface area contributed by atoms with E-state index in [-0.39, 0.29) is 11.9 Å². The van der Waals surface area contributed by atoms with Gasteiger partial charge in [-0.1, -0.05) is 12.1 Å². The highest BCUT2D eigenvalue weighted by molar-refractivity contribution is 5.57. The molecule has 12 heavy (non-hydrogen) atoms. The number of nitrogens with one attached hydrogen (secondary N) is 1. The Morgan fingerprint density at radius 2 is 2.50 bits per heavy atom. The van der Waals surface area contributed by atoms with Gasteiger partial charge in [0, 0.05) is 6.54 Å². The van der Waals surface area contributed by atoms with Gasteiger partial charge in [-0.25, -0.2) is 4.39 Å². The van der Waals surface area contributed by atoms with E-state index in [1.165, 1.54) is 12.1 Å². The van der Waals surface area contributed by atoms with Gasteiger partial charge >= 0.3 is 0 Å². The SMILES string of the molecule is Fc1cccc(C2CN[C]=N2)c1. The van der Waals surface area contributed by atoms with Crippen molar-refractivity contribution < 1.29 is 4.39 Å². The van der Waals surface area contributed by atoms with Gasteiger partial charge in [0.25, 0.3) is 0 Å². The van der Waals surface area contributed by atoms with E-state index >= 15 is 0 Å². The zero-order chi connectivity index (χ0) is 8.39. The van der Waals surface area contributed by atoms with Crippen molar-refractivity contribution in [1.29, 1.82) is 0 Å². The molecule has 0 fully saturated rings. The third-order valence-corrected chi connectivity index (χ3v) is 1.83. The Morgan fingerprint density at radius 1 is 1.58 bits per heavy atom. The van der Waals surface area contributed by atoms with E-state index in [2.05, 4.69) is 16.6 Å². The van der Waals surface area contributed by atoms with Gasteiger partial charge in [0.2, 0.25) is 0 Å². The molecule has 2 rings (SSSR count). The van der Waals surface area contributed by atoms with Crippen molar-refractivity contribution in [3.05, 3.63) is 35.6 Å². The minimum atomic E-state index is -0.213. The van der Waals surface area contributed by atoms with Gasteiger partial charge < -0.3 is 5.32 Å². The fourth-order valence-electron chi connectivity index (χ4n) is 1.22. The molecule has 1 aromatic carbocycles. The van der Waals surface area contributed by atoms with E-state index < -0.39 is 0 Å². The molecule has 1 atom stereocenters. The molecule has 3 heteroatoms. The largest absolute Gasteiger partial charge is 0.365 e. The van der Waals surface area contributed by atoms with Crippen molar-refractivity contribution in [3.8, 4) is 0 Å². The van der Waals surface area contributed by atoms with Gasteiger partial charge in [0.1, 0.15) is 5.82 Å². The molecule has 0 amide bonds. The molecule has 1 radical (unpaired) electrons. The number of aliphatic imine (C=N–C) groups is 1. The number of halogens is 1. The number of hydrogen-bond donors (Lipinski definition) is 1. The first-order valence-corrected chi connectivity index (χ1v) is 3.79. The monoisotopic (exact) mass is 163 g/mol. The molecule has 0 saturated heterocycles. The summed E-state index contributed by atoms with van der Waals surface area (Å²) in [6, 6.07) is 6.52. The predicted octanol–water partition coefficient (Wildman–Crippen LogP) is 1.38. The summed E-state index contributed by atoms with van der Waals surface area (Å²) in [5, 5.41) is 2.85. The summed E-state index contributed by atoms with van der Waals surface area (Å²) >= 11 is 0. The Balaban J connectivity index is 2.27. The summed E-state index contributed by atoms with van der Waals surface area (Å²) in [5.41, 5.74) is 0.896. The van der Waals surface area contributed by atoms with E-state index in [1.807, 2.05) is 6.07 Å². The standard InChI is InChI=1S/C9H8FN2/c10-8-3-1-2-7(4-8)9-5-11-6-12-9/h1-4,9H,5H2,(H,11,12). The van der Waals surface area contributed by atoms with Crippen molar-refractivity contribution in [2.45, 2.75) is 6.04 Å². The summed E-state index contributed by atoms with van der Waals surface area (Å²) in [5.74, 6) is -0.213. The molecule has 61 valence electrons. The zero-order valence-electron chi connectivity index (χ0n) is 6.42. The lowest BCUT2D eigenvalue weighted by Gasteiger charge is -2.05. The van der Waals surface area contributed by atoms with Gasteiger partial charge in [-0.2, -0.15) is 0 Å². The molecule has 1 N–H and O–H groups in total. The second-order valence-corrected chi connectivity index (χ2v) is 2.69. The lowest BCUT2D eigenvalue weighted by Crippen LogP contribution is -2.09. The van der Waals surface area contributed by atoms with Crippen LogP contribution in [0.4, 0.5) is 4.39 Å². The first kappa shape index (κ1) is 7.28. The molecule has 0 bridgehead atoms. The maximum absolute atomic E-state index is 12.7. The Morgan fingerprint density at radius 3 is 3.17 bits per heavy atom. The van der Waals surface area contributed by atoms with Crippen molar-refractivity contribution in [3.63, 3.8) is 0 Å². The number of benzene rings is 1. The van der Waals surface area contributed by atoms with Crippen LogP contribution in [0.15, 0.2) is 29.3 Å². The predicted molar refractivity (Wildman–Crippen MR) is 44.6 cm³/mol. The average molecular weight is 163 g/mol. The molecule has 0 aliphatic carbocycles. The van der Waals surface area contributed by atoms with Gasteiger partial charge in [-0.15, -0.1) is 0 Å². The Kier molecular flexibility index (Phi) is 1.78. The van der Waals surface area contributed by atoms with Crippen LogP contribution in [0.5, 0.6) is 0 Å². The number of rotatable bonds is 1. The topological polar surface area (TPSA) is 24.4 Å². The maximum atomic E-state index is 12.7. The second-order valence-electron chi connectivity index (χ2n) is 2.69. The Hall–Kier alpha value is -1.38. The highest BCUT2D eigenvalue weighted by Crippen LogP contribution is 2.18. The van der Waals surface area contributed by atoms with Crippen LogP contribution >= 0.6 is 0 Å². The van der Waals surface area contributed by atoms with E-state index in [4.69, 9.17) is 0 Å². The van der Waals surface area contributed by atoms with Gasteiger partial charge in [0.05, 0.1) is 6.04 Å². The summed E-state index contributed by atoms with van der Waals surface area (Å²) in [6.07, 6.45) is 2.64. The molecule has 1 aliphatic heterocycles. The summed E-state index contributed by atoms with van der Waals surface area (Å²) in [6.45, 7) is 0.712. The minimum Gasteiger partial charge on any atom is -0.365 e. The van der Waals surface area contributed by atoms with E-state index in [1.54, 1.807) is 6.07 Å². The molecule has 0 spiro atoms. The quantitative estimate of drug-likeness (QED) is 0.664. The normalized spacial score (nSPS) is 20.9. The smallest absolute Gasteiger partial charge is 0.164 e. The fraction of sp³-hybridized carbons (Fsp3) is 0.222. The van der Waals surface area contributed by atoms with E-state index in [0.717, 1.165) is 5.56 Å². The molecule has 0 aromatic heterocycles. The molecule has 1 heterocycles. The van der Waals surface area contributed by atoms with Crippen LogP contribution < -0.4 is 5.32 Å². The van der Waals surface area contributed by atoms with Crippen LogP contribution in [0.1, 0.15) is 11.6 Å². The molecular formula is C9H8FN2. The molecule has 1 aromatic rings. The molecule has 1 unspecified atom stereocenters. The average Bonchev–Trinajstić information content (AvgIpc) is 2.56. The van der Waals surface area contributed by atoms with Gasteiger partial charge in [-0.3, -0.25) is 4.99 Å². The lowest BCUT2D eigenvalue weighted by atomic mass is 10.1. The van der Waals surface area contributed by atoms with Crippen LogP contribution in [0.3, 0.4) is 0 Å².